The third-order valence-electron chi connectivity index (χ3n) is 10.8. The lowest BCUT2D eigenvalue weighted by atomic mass is 9.98. The summed E-state index contributed by atoms with van der Waals surface area (Å²) in [6.45, 7) is 0. The Morgan fingerprint density at radius 2 is 0.980 bits per heavy atom. The van der Waals surface area contributed by atoms with Crippen LogP contribution in [-0.2, 0) is 0 Å². The van der Waals surface area contributed by atoms with E-state index in [1.165, 1.54) is 70.4 Å². The molecule has 0 fully saturated rings. The molecule has 0 saturated carbocycles. The average molecular weight is 635 g/mol. The molecule has 50 heavy (non-hydrogen) atoms. The van der Waals surface area contributed by atoms with Crippen LogP contribution >= 0.6 is 0 Å². The molecule has 230 valence electrons. The fraction of sp³-hybridized carbons (Fsp3) is 0. The summed E-state index contributed by atoms with van der Waals surface area (Å²) in [5.74, 6) is 0.669. The van der Waals surface area contributed by atoms with Crippen LogP contribution in [0.1, 0.15) is 0 Å². The van der Waals surface area contributed by atoms with Crippen LogP contribution in [0.3, 0.4) is 0 Å². The highest BCUT2D eigenvalue weighted by atomic mass is 15.2. The summed E-state index contributed by atoms with van der Waals surface area (Å²) in [5.41, 5.74) is 8.89. The maximum Gasteiger partial charge on any atom is 0.235 e. The van der Waals surface area contributed by atoms with Crippen LogP contribution in [-0.4, -0.2) is 18.9 Å². The number of hydrogen-bond donors (Lipinski definition) is 0. The van der Waals surface area contributed by atoms with Crippen molar-refractivity contribution in [3.63, 3.8) is 0 Å². The number of rotatable bonds is 2. The molecule has 0 bridgehead atoms. The smallest absolute Gasteiger partial charge is 0.235 e. The molecule has 0 amide bonds. The van der Waals surface area contributed by atoms with Crippen molar-refractivity contribution in [1.82, 2.24) is 18.9 Å². The summed E-state index contributed by atoms with van der Waals surface area (Å²) in [7, 11) is 0. The highest BCUT2D eigenvalue weighted by Gasteiger charge is 2.27. The minimum absolute atomic E-state index is 0.669. The van der Waals surface area contributed by atoms with Crippen LogP contribution in [0.5, 0.6) is 0 Å². The second-order valence-electron chi connectivity index (χ2n) is 13.3. The quantitative estimate of drug-likeness (QED) is 0.190. The summed E-state index contributed by atoms with van der Waals surface area (Å²) in [6, 6.07) is 56.7. The maximum absolute atomic E-state index is 5.42. The van der Waals surface area contributed by atoms with Gasteiger partial charge in [-0.3, -0.25) is 4.57 Å². The molecular formula is C46H26N4. The van der Waals surface area contributed by atoms with Crippen LogP contribution in [0.25, 0.3) is 110 Å². The molecule has 8 aromatic carbocycles. The largest absolute Gasteiger partial charge is 0.307 e. The van der Waals surface area contributed by atoms with Gasteiger partial charge >= 0.3 is 0 Å². The standard InChI is InChI=1S/C46H26N4/c1-2-14-28(15-3-1)41-34-19-8-10-23-37(34)47-46(48-41)49-38-24-11-9-20-35(38)40-44(49)31-18-7-6-17-30(31)39-36-22-12-21-32-33-26-25-27-13-4-5-16-29(27)42(33)50(43(32)36)45(39)40/h1-26H. The lowest BCUT2D eigenvalue weighted by Crippen LogP contribution is -2.03. The first-order chi connectivity index (χ1) is 24.8. The Balaban J connectivity index is 1.37. The molecule has 12 aromatic rings. The van der Waals surface area contributed by atoms with Crippen LogP contribution < -0.4 is 0 Å². The Kier molecular flexibility index (Phi) is 4.94. The van der Waals surface area contributed by atoms with Gasteiger partial charge in [0.25, 0.3) is 0 Å². The Morgan fingerprint density at radius 1 is 0.360 bits per heavy atom. The van der Waals surface area contributed by atoms with E-state index in [1.54, 1.807) is 0 Å². The molecule has 0 spiro atoms. The highest BCUT2D eigenvalue weighted by Crippen LogP contribution is 2.49. The fourth-order valence-corrected chi connectivity index (χ4v) is 8.83. The zero-order chi connectivity index (χ0) is 32.5. The number of para-hydroxylation sites is 3. The first-order valence-corrected chi connectivity index (χ1v) is 17.1. The fourth-order valence-electron chi connectivity index (χ4n) is 8.83. The van der Waals surface area contributed by atoms with Gasteiger partial charge < -0.3 is 4.40 Å². The van der Waals surface area contributed by atoms with Crippen molar-refractivity contribution in [3.05, 3.63) is 158 Å². The normalized spacial score (nSPS) is 12.4. The Bertz CT molecular complexity index is 3370. The highest BCUT2D eigenvalue weighted by molar-refractivity contribution is 6.39. The number of benzene rings is 8. The predicted octanol–water partition coefficient (Wildman–Crippen LogP) is 11.9. The van der Waals surface area contributed by atoms with Crippen molar-refractivity contribution in [3.8, 4) is 17.2 Å². The van der Waals surface area contributed by atoms with Gasteiger partial charge in [0.05, 0.1) is 38.8 Å². The van der Waals surface area contributed by atoms with Crippen molar-refractivity contribution in [1.29, 1.82) is 0 Å². The van der Waals surface area contributed by atoms with Gasteiger partial charge in [-0.15, -0.1) is 0 Å². The molecule has 0 unspecified atom stereocenters. The van der Waals surface area contributed by atoms with Gasteiger partial charge in [0, 0.05) is 54.0 Å². The summed E-state index contributed by atoms with van der Waals surface area (Å²) in [4.78, 5) is 10.7. The Labute approximate surface area is 285 Å². The van der Waals surface area contributed by atoms with Crippen molar-refractivity contribution < 1.29 is 0 Å². The average Bonchev–Trinajstić information content (AvgIpc) is 3.83. The molecule has 0 radical (unpaired) electrons. The van der Waals surface area contributed by atoms with E-state index < -0.39 is 0 Å². The predicted molar refractivity (Wildman–Crippen MR) is 209 cm³/mol. The SMILES string of the molecule is c1ccc(-c2nc(-n3c4ccccc4c4c3c3ccccc3c3c5cccc6c7ccc8ccccc8c7n(c65)c34)nc3ccccc23)cc1. The first-order valence-electron chi connectivity index (χ1n) is 17.1. The van der Waals surface area contributed by atoms with Crippen LogP contribution in [0.2, 0.25) is 0 Å². The van der Waals surface area contributed by atoms with E-state index in [4.69, 9.17) is 9.97 Å². The molecule has 0 aliphatic heterocycles. The molecule has 4 aromatic heterocycles. The monoisotopic (exact) mass is 634 g/mol. The van der Waals surface area contributed by atoms with E-state index in [-0.39, 0.29) is 0 Å². The zero-order valence-electron chi connectivity index (χ0n) is 26.8. The summed E-state index contributed by atoms with van der Waals surface area (Å²) in [5, 5.41) is 13.5. The number of nitrogens with zero attached hydrogens (tertiary/aromatic N) is 4. The van der Waals surface area contributed by atoms with E-state index in [9.17, 15) is 0 Å². The molecule has 0 atom stereocenters. The lowest BCUT2D eigenvalue weighted by molar-refractivity contribution is 1.02. The molecule has 12 rings (SSSR count). The van der Waals surface area contributed by atoms with Gasteiger partial charge in [0.1, 0.15) is 0 Å². The molecule has 4 nitrogen and oxygen atoms in total. The number of hydrogen-bond acceptors (Lipinski definition) is 2. The summed E-state index contributed by atoms with van der Waals surface area (Å²) < 4.78 is 4.88. The van der Waals surface area contributed by atoms with E-state index >= 15 is 0 Å². The second kappa shape index (κ2) is 9.43. The van der Waals surface area contributed by atoms with Gasteiger partial charge in [-0.25, -0.2) is 9.97 Å². The van der Waals surface area contributed by atoms with E-state index in [0.29, 0.717) is 5.95 Å². The van der Waals surface area contributed by atoms with E-state index in [2.05, 4.69) is 167 Å². The van der Waals surface area contributed by atoms with Gasteiger partial charge in [0.2, 0.25) is 5.95 Å². The van der Waals surface area contributed by atoms with Crippen molar-refractivity contribution in [2.24, 2.45) is 0 Å². The minimum atomic E-state index is 0.669. The maximum atomic E-state index is 5.42. The van der Waals surface area contributed by atoms with Crippen molar-refractivity contribution in [2.45, 2.75) is 0 Å². The molecule has 0 aliphatic carbocycles. The Morgan fingerprint density at radius 3 is 1.86 bits per heavy atom. The molecular weight excluding hydrogens is 609 g/mol. The molecule has 4 heterocycles. The third-order valence-corrected chi connectivity index (χ3v) is 10.8. The van der Waals surface area contributed by atoms with Crippen LogP contribution in [0.15, 0.2) is 158 Å². The van der Waals surface area contributed by atoms with Crippen LogP contribution in [0.4, 0.5) is 0 Å². The van der Waals surface area contributed by atoms with Gasteiger partial charge in [-0.2, -0.15) is 0 Å². The van der Waals surface area contributed by atoms with Gasteiger partial charge in [-0.05, 0) is 22.9 Å². The molecule has 0 saturated heterocycles. The second-order valence-corrected chi connectivity index (χ2v) is 13.3. The summed E-state index contributed by atoms with van der Waals surface area (Å²) >= 11 is 0. The number of aromatic nitrogens is 4. The van der Waals surface area contributed by atoms with Crippen molar-refractivity contribution >= 4 is 92.3 Å². The molecule has 4 heteroatoms. The molecule has 0 N–H and O–H groups in total. The topological polar surface area (TPSA) is 35.1 Å². The Hall–Kier alpha value is -6.78. The van der Waals surface area contributed by atoms with Gasteiger partial charge in [0.15, 0.2) is 0 Å². The van der Waals surface area contributed by atoms with Crippen LogP contribution in [0, 0.1) is 0 Å². The molecule has 0 aliphatic rings. The van der Waals surface area contributed by atoms with E-state index in [1.807, 2.05) is 0 Å². The zero-order valence-corrected chi connectivity index (χ0v) is 26.8. The van der Waals surface area contributed by atoms with Crippen molar-refractivity contribution in [2.75, 3.05) is 0 Å². The number of fused-ring (bicyclic) bond motifs is 16. The lowest BCUT2D eigenvalue weighted by Gasteiger charge is -2.13. The minimum Gasteiger partial charge on any atom is -0.307 e. The van der Waals surface area contributed by atoms with Gasteiger partial charge in [-0.1, -0.05) is 146 Å². The van der Waals surface area contributed by atoms with E-state index in [0.717, 1.165) is 33.2 Å². The first kappa shape index (κ1) is 26.2. The summed E-state index contributed by atoms with van der Waals surface area (Å²) in [6.07, 6.45) is 0. The third kappa shape index (κ3) is 3.21.